The first-order chi connectivity index (χ1) is 18.7. The second-order valence-corrected chi connectivity index (χ2v) is 10.9. The predicted octanol–water partition coefficient (Wildman–Crippen LogP) is 4.99. The number of nitrogens with zero attached hydrogens (tertiary/aromatic N) is 1. The fourth-order valence-corrected chi connectivity index (χ4v) is 5.06. The van der Waals surface area contributed by atoms with Crippen molar-refractivity contribution in [1.82, 2.24) is 9.88 Å². The molecule has 1 atom stereocenters. The van der Waals surface area contributed by atoms with Gasteiger partial charge in [-0.15, -0.1) is 0 Å². The Bertz CT molecular complexity index is 1340. The highest BCUT2D eigenvalue weighted by Crippen LogP contribution is 2.22. The normalized spacial score (nSPS) is 14.5. The number of esters is 1. The van der Waals surface area contributed by atoms with Crippen LogP contribution < -0.4 is 16.6 Å². The lowest BCUT2D eigenvalue weighted by molar-refractivity contribution is -0.151. The molecule has 1 aliphatic carbocycles. The molecule has 0 saturated heterocycles. The Hall–Kier alpha value is -3.71. The molecule has 7 heteroatoms. The van der Waals surface area contributed by atoms with Crippen LogP contribution in [0.25, 0.3) is 5.69 Å². The molecule has 0 bridgehead atoms. The van der Waals surface area contributed by atoms with Crippen LogP contribution in [0.4, 0.5) is 5.82 Å². The Labute approximate surface area is 230 Å². The smallest absolute Gasteiger partial charge is 0.323 e. The van der Waals surface area contributed by atoms with Gasteiger partial charge in [0.2, 0.25) is 0 Å². The Balaban J connectivity index is 1.42. The van der Waals surface area contributed by atoms with E-state index in [4.69, 9.17) is 10.5 Å². The Morgan fingerprint density at radius 3 is 2.31 bits per heavy atom. The standard InChI is InChI=1S/C32H39N3O4/c1-21(2)20-28(32(38)39-26-6-4-5-7-26)34-19-18-23-10-14-25(15-11-23)35-29(36)17-16-27(31(35)33)30(37)24-12-8-22(3)9-13-24/h8-17,21,26,28,34H,4-7,18-20,33H2,1-3H3/t28-/m1/s1. The lowest BCUT2D eigenvalue weighted by Gasteiger charge is -2.22. The summed E-state index contributed by atoms with van der Waals surface area (Å²) in [5, 5.41) is 3.39. The number of hydrogen-bond donors (Lipinski definition) is 2. The lowest BCUT2D eigenvalue weighted by atomic mass is 10.0. The number of hydrogen-bond acceptors (Lipinski definition) is 6. The maximum Gasteiger partial charge on any atom is 0.323 e. The van der Waals surface area contributed by atoms with Crippen LogP contribution in [0.2, 0.25) is 0 Å². The summed E-state index contributed by atoms with van der Waals surface area (Å²) in [6, 6.07) is 17.3. The number of benzene rings is 2. The van der Waals surface area contributed by atoms with Gasteiger partial charge in [0.25, 0.3) is 5.56 Å². The van der Waals surface area contributed by atoms with Gasteiger partial charge >= 0.3 is 5.97 Å². The molecule has 7 nitrogen and oxygen atoms in total. The first-order valence-corrected chi connectivity index (χ1v) is 13.9. The molecule has 3 N–H and O–H groups in total. The average molecular weight is 530 g/mol. The zero-order chi connectivity index (χ0) is 27.9. The van der Waals surface area contributed by atoms with Crippen molar-refractivity contribution in [2.24, 2.45) is 5.92 Å². The molecule has 0 radical (unpaired) electrons. The summed E-state index contributed by atoms with van der Waals surface area (Å²) >= 11 is 0. The van der Waals surface area contributed by atoms with E-state index in [-0.39, 0.29) is 40.8 Å². The summed E-state index contributed by atoms with van der Waals surface area (Å²) in [4.78, 5) is 38.6. The van der Waals surface area contributed by atoms with Crippen molar-refractivity contribution in [1.29, 1.82) is 0 Å². The van der Waals surface area contributed by atoms with Crippen LogP contribution in [0.5, 0.6) is 0 Å². The van der Waals surface area contributed by atoms with Gasteiger partial charge in [-0.1, -0.05) is 55.8 Å². The molecule has 1 aromatic heterocycles. The summed E-state index contributed by atoms with van der Waals surface area (Å²) in [5.74, 6) is 0.0994. The van der Waals surface area contributed by atoms with Crippen molar-refractivity contribution in [2.45, 2.75) is 71.4 Å². The minimum atomic E-state index is -0.322. The van der Waals surface area contributed by atoms with Gasteiger partial charge in [-0.25, -0.2) is 0 Å². The summed E-state index contributed by atoms with van der Waals surface area (Å²) in [6.45, 7) is 6.79. The molecule has 3 aromatic rings. The molecule has 0 spiro atoms. The molecule has 1 fully saturated rings. The first-order valence-electron chi connectivity index (χ1n) is 13.9. The largest absolute Gasteiger partial charge is 0.461 e. The maximum absolute atomic E-state index is 13.1. The molecule has 0 aliphatic heterocycles. The predicted molar refractivity (Wildman–Crippen MR) is 154 cm³/mol. The second kappa shape index (κ2) is 12.9. The first kappa shape index (κ1) is 28.3. The van der Waals surface area contributed by atoms with Crippen LogP contribution in [0.1, 0.15) is 73.0 Å². The van der Waals surface area contributed by atoms with Crippen LogP contribution in [0, 0.1) is 12.8 Å². The number of carbonyl (C=O) groups excluding carboxylic acids is 2. The number of pyridine rings is 1. The van der Waals surface area contributed by atoms with Gasteiger partial charge in [0.05, 0.1) is 11.3 Å². The number of ether oxygens (including phenoxy) is 1. The van der Waals surface area contributed by atoms with Crippen molar-refractivity contribution in [3.63, 3.8) is 0 Å². The topological polar surface area (TPSA) is 103 Å². The third-order valence-corrected chi connectivity index (χ3v) is 7.26. The molecular weight excluding hydrogens is 490 g/mol. The van der Waals surface area contributed by atoms with E-state index >= 15 is 0 Å². The van der Waals surface area contributed by atoms with Gasteiger partial charge in [0.15, 0.2) is 5.78 Å². The number of anilines is 1. The number of nitrogen functional groups attached to an aromatic ring is 1. The monoisotopic (exact) mass is 529 g/mol. The number of aromatic nitrogens is 1. The van der Waals surface area contributed by atoms with Crippen LogP contribution in [-0.4, -0.2) is 35.0 Å². The molecule has 4 rings (SSSR count). The molecule has 2 aromatic carbocycles. The van der Waals surface area contributed by atoms with Crippen molar-refractivity contribution < 1.29 is 14.3 Å². The number of rotatable bonds is 11. The molecule has 39 heavy (non-hydrogen) atoms. The van der Waals surface area contributed by atoms with Gasteiger partial charge in [-0.3, -0.25) is 19.0 Å². The van der Waals surface area contributed by atoms with Crippen molar-refractivity contribution >= 4 is 17.6 Å². The number of nitrogens with one attached hydrogen (secondary N) is 1. The Kier molecular flexibility index (Phi) is 9.36. The van der Waals surface area contributed by atoms with E-state index in [1.54, 1.807) is 12.1 Å². The van der Waals surface area contributed by atoms with Crippen LogP contribution in [0.15, 0.2) is 65.5 Å². The van der Waals surface area contributed by atoms with E-state index in [2.05, 4.69) is 19.2 Å². The number of nitrogens with two attached hydrogens (primary N) is 1. The molecular formula is C32H39N3O4. The minimum Gasteiger partial charge on any atom is -0.461 e. The third-order valence-electron chi connectivity index (χ3n) is 7.26. The van der Waals surface area contributed by atoms with E-state index in [0.29, 0.717) is 30.1 Å². The zero-order valence-corrected chi connectivity index (χ0v) is 23.1. The zero-order valence-electron chi connectivity index (χ0n) is 23.1. The molecule has 1 saturated carbocycles. The maximum atomic E-state index is 13.1. The van der Waals surface area contributed by atoms with E-state index in [1.165, 1.54) is 16.7 Å². The van der Waals surface area contributed by atoms with E-state index < -0.39 is 0 Å². The Morgan fingerprint density at radius 1 is 1.00 bits per heavy atom. The molecule has 1 heterocycles. The molecule has 1 aliphatic rings. The fourth-order valence-electron chi connectivity index (χ4n) is 5.06. The number of carbonyl (C=O) groups is 2. The van der Waals surface area contributed by atoms with Crippen LogP contribution >= 0.6 is 0 Å². The van der Waals surface area contributed by atoms with Crippen molar-refractivity contribution in [3.05, 3.63) is 93.3 Å². The molecule has 0 amide bonds. The minimum absolute atomic E-state index is 0.0584. The second-order valence-electron chi connectivity index (χ2n) is 10.9. The molecule has 206 valence electrons. The summed E-state index contributed by atoms with van der Waals surface area (Å²) in [6.07, 6.45) is 5.67. The molecule has 0 unspecified atom stereocenters. The van der Waals surface area contributed by atoms with Gasteiger partial charge in [-0.2, -0.15) is 0 Å². The highest BCUT2D eigenvalue weighted by Gasteiger charge is 2.26. The van der Waals surface area contributed by atoms with E-state index in [1.807, 2.05) is 43.3 Å². The highest BCUT2D eigenvalue weighted by atomic mass is 16.5. The average Bonchev–Trinajstić information content (AvgIpc) is 3.42. The Morgan fingerprint density at radius 2 is 1.67 bits per heavy atom. The quantitative estimate of drug-likeness (QED) is 0.268. The summed E-state index contributed by atoms with van der Waals surface area (Å²) < 4.78 is 7.12. The number of ketones is 1. The van der Waals surface area contributed by atoms with Gasteiger partial charge < -0.3 is 15.8 Å². The summed E-state index contributed by atoms with van der Waals surface area (Å²) in [7, 11) is 0. The van der Waals surface area contributed by atoms with E-state index in [9.17, 15) is 14.4 Å². The van der Waals surface area contributed by atoms with Gasteiger partial charge in [-0.05, 0) is 81.7 Å². The van der Waals surface area contributed by atoms with Gasteiger partial charge in [0, 0.05) is 11.6 Å². The van der Waals surface area contributed by atoms with Crippen LogP contribution in [0.3, 0.4) is 0 Å². The highest BCUT2D eigenvalue weighted by molar-refractivity contribution is 6.11. The lowest BCUT2D eigenvalue weighted by Crippen LogP contribution is -2.41. The SMILES string of the molecule is Cc1ccc(C(=O)c2ccc(=O)n(-c3ccc(CCN[C@H](CC(C)C)C(=O)OC4CCCC4)cc3)c2N)cc1. The van der Waals surface area contributed by atoms with Crippen LogP contribution in [-0.2, 0) is 16.0 Å². The van der Waals surface area contributed by atoms with Crippen molar-refractivity contribution in [3.8, 4) is 5.69 Å². The fraction of sp³-hybridized carbons (Fsp3) is 0.406. The van der Waals surface area contributed by atoms with E-state index in [0.717, 1.165) is 43.2 Å². The third kappa shape index (κ3) is 7.24. The van der Waals surface area contributed by atoms with Crippen molar-refractivity contribution in [2.75, 3.05) is 12.3 Å². The van der Waals surface area contributed by atoms with Gasteiger partial charge in [0.1, 0.15) is 18.0 Å². The summed E-state index contributed by atoms with van der Waals surface area (Å²) in [5.41, 5.74) is 9.54. The number of aryl methyl sites for hydroxylation is 1.